The lowest BCUT2D eigenvalue weighted by Crippen LogP contribution is -2.58. The van der Waals surface area contributed by atoms with Crippen molar-refractivity contribution < 1.29 is 18.3 Å². The predicted molar refractivity (Wildman–Crippen MR) is 139 cm³/mol. The maximum atomic E-state index is 14.3. The number of aromatic amines is 1. The Hall–Kier alpha value is -3.76. The van der Waals surface area contributed by atoms with Gasteiger partial charge in [0.2, 0.25) is 0 Å². The molecule has 6 rings (SSSR count). The van der Waals surface area contributed by atoms with Gasteiger partial charge in [-0.15, -0.1) is 0 Å². The van der Waals surface area contributed by atoms with Crippen molar-refractivity contribution in [1.82, 2.24) is 20.3 Å². The summed E-state index contributed by atoms with van der Waals surface area (Å²) in [5.74, 6) is 0.684. The molecule has 2 atom stereocenters. The van der Waals surface area contributed by atoms with E-state index in [0.717, 1.165) is 30.8 Å². The molecule has 4 aromatic rings. The molecule has 10 heteroatoms. The Bertz CT molecular complexity index is 1460. The zero-order chi connectivity index (χ0) is 25.5. The number of fused-ring (bicyclic) bond motifs is 2. The number of nitrogens with one attached hydrogen (secondary N) is 3. The zero-order valence-corrected chi connectivity index (χ0v) is 20.6. The molecule has 8 nitrogen and oxygen atoms in total. The number of halogens is 2. The first-order chi connectivity index (χ1) is 18.1. The molecule has 0 saturated carbocycles. The second-order valence-corrected chi connectivity index (χ2v) is 9.30. The molecule has 0 unspecified atom stereocenters. The summed E-state index contributed by atoms with van der Waals surface area (Å²) in [7, 11) is 3.28. The lowest BCUT2D eigenvalue weighted by atomic mass is 9.95. The average Bonchev–Trinajstić information content (AvgIpc) is 3.35. The van der Waals surface area contributed by atoms with Gasteiger partial charge in [0, 0.05) is 50.6 Å². The maximum Gasteiger partial charge on any atom is 0.149 e. The van der Waals surface area contributed by atoms with Gasteiger partial charge in [-0.05, 0) is 30.2 Å². The zero-order valence-electron chi connectivity index (χ0n) is 20.6. The van der Waals surface area contributed by atoms with Gasteiger partial charge in [0.15, 0.2) is 0 Å². The second-order valence-electron chi connectivity index (χ2n) is 9.30. The molecule has 2 aromatic carbocycles. The Balaban J connectivity index is 1.58. The summed E-state index contributed by atoms with van der Waals surface area (Å²) in [6.45, 7) is 2.92. The van der Waals surface area contributed by atoms with Gasteiger partial charge in [-0.2, -0.15) is 0 Å². The summed E-state index contributed by atoms with van der Waals surface area (Å²) < 4.78 is 40.1. The molecule has 37 heavy (non-hydrogen) atoms. The van der Waals surface area contributed by atoms with Crippen molar-refractivity contribution in [3.05, 3.63) is 54.2 Å². The summed E-state index contributed by atoms with van der Waals surface area (Å²) in [4.78, 5) is 15.0. The van der Waals surface area contributed by atoms with Gasteiger partial charge in [-0.25, -0.2) is 18.7 Å². The molecule has 2 aliphatic rings. The number of aromatic nitrogens is 3. The van der Waals surface area contributed by atoms with E-state index in [1.54, 1.807) is 19.3 Å². The number of hydrogen-bond donors (Lipinski definition) is 3. The normalized spacial score (nSPS) is 19.6. The number of morpholine rings is 1. The average molecular weight is 507 g/mol. The van der Waals surface area contributed by atoms with Crippen LogP contribution in [-0.2, 0) is 4.74 Å². The van der Waals surface area contributed by atoms with Crippen LogP contribution in [0.15, 0.2) is 42.6 Å². The van der Waals surface area contributed by atoms with E-state index >= 15 is 0 Å². The highest BCUT2D eigenvalue weighted by Gasteiger charge is 2.35. The Morgan fingerprint density at radius 3 is 2.89 bits per heavy atom. The first-order valence-electron chi connectivity index (χ1n) is 12.4. The Morgan fingerprint density at radius 1 is 1.19 bits per heavy atom. The van der Waals surface area contributed by atoms with Crippen LogP contribution in [0, 0.1) is 11.6 Å². The lowest BCUT2D eigenvalue weighted by Gasteiger charge is -2.43. The van der Waals surface area contributed by atoms with Crippen LogP contribution >= 0.6 is 0 Å². The largest absolute Gasteiger partial charge is 0.494 e. The molecule has 3 N–H and O–H groups in total. The molecular weight excluding hydrogens is 478 g/mol. The quantitative estimate of drug-likeness (QED) is 0.374. The minimum atomic E-state index is -0.427. The predicted octanol–water partition coefficient (Wildman–Crippen LogP) is 4.19. The van der Waals surface area contributed by atoms with Crippen LogP contribution in [0.4, 0.5) is 20.3 Å². The first kappa shape index (κ1) is 23.6. The first-order valence-corrected chi connectivity index (χ1v) is 12.4. The fraction of sp³-hybridized carbons (Fsp3) is 0.333. The number of rotatable bonds is 5. The smallest absolute Gasteiger partial charge is 0.149 e. The minimum absolute atomic E-state index is 0.0202. The molecule has 0 bridgehead atoms. The van der Waals surface area contributed by atoms with Crippen LogP contribution in [0.1, 0.15) is 6.42 Å². The van der Waals surface area contributed by atoms with Gasteiger partial charge in [-0.1, -0.05) is 12.1 Å². The minimum Gasteiger partial charge on any atom is -0.494 e. The van der Waals surface area contributed by atoms with Crippen LogP contribution in [0.5, 0.6) is 5.75 Å². The number of ether oxygens (including phenoxy) is 2. The standard InChI is InChI=1S/C27H28F2N6O2/c1-30-26-23(27-33-20-11-17(29)12-21(36-2)24(20)34-27)25(18(13-32-26)15-4-3-5-16(28)10-15)35-8-6-19-22(14-35)37-9-7-31-19/h3-5,10-13,19,22,31H,6-9,14H2,1-2H3,(H,30,32)(H,33,34)/t19-,22-/m0/s1. The molecule has 0 radical (unpaired) electrons. The highest BCUT2D eigenvalue weighted by molar-refractivity contribution is 5.96. The molecule has 4 heterocycles. The molecular formula is C27H28F2N6O2. The molecule has 192 valence electrons. The van der Waals surface area contributed by atoms with E-state index in [-0.39, 0.29) is 18.0 Å². The monoisotopic (exact) mass is 506 g/mol. The lowest BCUT2D eigenvalue weighted by molar-refractivity contribution is -0.00899. The Morgan fingerprint density at radius 2 is 2.08 bits per heavy atom. The van der Waals surface area contributed by atoms with E-state index in [4.69, 9.17) is 14.5 Å². The van der Waals surface area contributed by atoms with Crippen LogP contribution in [0.3, 0.4) is 0 Å². The van der Waals surface area contributed by atoms with Crippen LogP contribution in [-0.4, -0.2) is 67.5 Å². The number of anilines is 2. The van der Waals surface area contributed by atoms with Crippen LogP contribution < -0.4 is 20.3 Å². The van der Waals surface area contributed by atoms with Crippen molar-refractivity contribution in [2.24, 2.45) is 0 Å². The number of pyridine rings is 1. The fourth-order valence-electron chi connectivity index (χ4n) is 5.41. The van der Waals surface area contributed by atoms with Crippen molar-refractivity contribution >= 4 is 22.5 Å². The number of benzene rings is 2. The van der Waals surface area contributed by atoms with Crippen molar-refractivity contribution in [3.63, 3.8) is 0 Å². The number of methoxy groups -OCH3 is 1. The van der Waals surface area contributed by atoms with Crippen molar-refractivity contribution in [3.8, 4) is 28.3 Å². The summed E-state index contributed by atoms with van der Waals surface area (Å²) >= 11 is 0. The van der Waals surface area contributed by atoms with Gasteiger partial charge in [0.25, 0.3) is 0 Å². The van der Waals surface area contributed by atoms with E-state index in [1.165, 1.54) is 31.4 Å². The van der Waals surface area contributed by atoms with Crippen LogP contribution in [0.25, 0.3) is 33.5 Å². The van der Waals surface area contributed by atoms with E-state index in [1.807, 2.05) is 6.07 Å². The van der Waals surface area contributed by atoms with Crippen molar-refractivity contribution in [1.29, 1.82) is 0 Å². The fourth-order valence-corrected chi connectivity index (χ4v) is 5.41. The topological polar surface area (TPSA) is 87.3 Å². The summed E-state index contributed by atoms with van der Waals surface area (Å²) in [6.07, 6.45) is 2.67. The molecule has 0 spiro atoms. The SMILES string of the molecule is CNc1ncc(-c2cccc(F)c2)c(N2CC[C@@H]3NCCO[C@H]3C2)c1-c1nc2c(OC)cc(F)cc2[nH]1. The molecule has 2 saturated heterocycles. The van der Waals surface area contributed by atoms with E-state index in [2.05, 4.69) is 25.5 Å². The number of piperidine rings is 1. The summed E-state index contributed by atoms with van der Waals surface area (Å²) in [5.41, 5.74) is 4.07. The number of nitrogens with zero attached hydrogens (tertiary/aromatic N) is 3. The van der Waals surface area contributed by atoms with E-state index in [0.29, 0.717) is 52.7 Å². The summed E-state index contributed by atoms with van der Waals surface area (Å²) in [5, 5.41) is 6.74. The van der Waals surface area contributed by atoms with Crippen molar-refractivity contribution in [2.45, 2.75) is 18.6 Å². The van der Waals surface area contributed by atoms with Gasteiger partial charge < -0.3 is 30.0 Å². The third-order valence-electron chi connectivity index (χ3n) is 7.11. The van der Waals surface area contributed by atoms with Gasteiger partial charge >= 0.3 is 0 Å². The molecule has 2 fully saturated rings. The third-order valence-corrected chi connectivity index (χ3v) is 7.11. The third kappa shape index (κ3) is 4.25. The molecule has 0 aliphatic carbocycles. The van der Waals surface area contributed by atoms with Crippen molar-refractivity contribution in [2.75, 3.05) is 50.6 Å². The van der Waals surface area contributed by atoms with Gasteiger partial charge in [-0.3, -0.25) is 0 Å². The Labute approximate surface area is 213 Å². The molecule has 0 amide bonds. The molecule has 2 aliphatic heterocycles. The van der Waals surface area contributed by atoms with Crippen LogP contribution in [0.2, 0.25) is 0 Å². The summed E-state index contributed by atoms with van der Waals surface area (Å²) in [6, 6.07) is 9.48. The van der Waals surface area contributed by atoms with E-state index < -0.39 is 5.82 Å². The maximum absolute atomic E-state index is 14.3. The highest BCUT2D eigenvalue weighted by Crippen LogP contribution is 2.44. The second kappa shape index (κ2) is 9.60. The van der Waals surface area contributed by atoms with E-state index in [9.17, 15) is 8.78 Å². The molecule has 2 aromatic heterocycles. The Kier molecular flexibility index (Phi) is 6.13. The number of hydrogen-bond acceptors (Lipinski definition) is 7. The van der Waals surface area contributed by atoms with Gasteiger partial charge in [0.1, 0.15) is 34.5 Å². The van der Waals surface area contributed by atoms with Gasteiger partial charge in [0.05, 0.1) is 36.6 Å². The number of imidazole rings is 1. The number of H-pyrrole nitrogens is 1. The highest BCUT2D eigenvalue weighted by atomic mass is 19.1.